The van der Waals surface area contributed by atoms with Crippen molar-refractivity contribution in [1.82, 2.24) is 0 Å². The number of nitrogens with zero attached hydrogens (tertiary/aromatic N) is 1. The van der Waals surface area contributed by atoms with Crippen LogP contribution in [0.2, 0.25) is 0 Å². The molecule has 28 heavy (non-hydrogen) atoms. The molecule has 3 rings (SSSR count). The first-order chi connectivity index (χ1) is 13.4. The first-order valence-corrected chi connectivity index (χ1v) is 9.94. The molecule has 0 bridgehead atoms. The maximum absolute atomic E-state index is 12.7. The predicted molar refractivity (Wildman–Crippen MR) is 115 cm³/mol. The van der Waals surface area contributed by atoms with Crippen LogP contribution in [0.3, 0.4) is 0 Å². The fourth-order valence-corrected chi connectivity index (χ4v) is 3.61. The van der Waals surface area contributed by atoms with Crippen LogP contribution in [0.5, 0.6) is 0 Å². The first-order valence-electron chi connectivity index (χ1n) is 9.94. The van der Waals surface area contributed by atoms with Gasteiger partial charge in [-0.1, -0.05) is 25.3 Å². The van der Waals surface area contributed by atoms with Gasteiger partial charge in [-0.2, -0.15) is 0 Å². The van der Waals surface area contributed by atoms with Crippen molar-refractivity contribution in [1.29, 1.82) is 0 Å². The van der Waals surface area contributed by atoms with E-state index in [1.54, 1.807) is 18.2 Å². The number of carbonyl (C=O) groups excluding carboxylic acids is 2. The molecule has 5 heteroatoms. The fraction of sp³-hybridized carbons (Fsp3) is 0.391. The van der Waals surface area contributed by atoms with Crippen molar-refractivity contribution >= 4 is 28.9 Å². The molecule has 2 amide bonds. The molecule has 1 aliphatic carbocycles. The van der Waals surface area contributed by atoms with Crippen molar-refractivity contribution in [2.45, 2.75) is 39.0 Å². The molecule has 0 spiro atoms. The molecule has 1 aliphatic rings. The maximum atomic E-state index is 12.7. The zero-order valence-electron chi connectivity index (χ0n) is 16.9. The number of rotatable bonds is 5. The van der Waals surface area contributed by atoms with Crippen LogP contribution < -0.4 is 15.5 Å². The molecule has 2 aromatic carbocycles. The van der Waals surface area contributed by atoms with Gasteiger partial charge < -0.3 is 15.5 Å². The van der Waals surface area contributed by atoms with Crippen LogP contribution in [-0.4, -0.2) is 25.9 Å². The molecule has 148 valence electrons. The summed E-state index contributed by atoms with van der Waals surface area (Å²) >= 11 is 0. The van der Waals surface area contributed by atoms with E-state index in [2.05, 4.69) is 10.6 Å². The minimum Gasteiger partial charge on any atom is -0.378 e. The molecule has 2 aromatic rings. The molecule has 1 saturated carbocycles. The summed E-state index contributed by atoms with van der Waals surface area (Å²) in [5.41, 5.74) is 4.07. The van der Waals surface area contributed by atoms with Crippen LogP contribution >= 0.6 is 0 Å². The number of benzene rings is 2. The Labute approximate surface area is 167 Å². The summed E-state index contributed by atoms with van der Waals surface area (Å²) in [6, 6.07) is 13.0. The van der Waals surface area contributed by atoms with Gasteiger partial charge in [0.2, 0.25) is 5.91 Å². The zero-order valence-corrected chi connectivity index (χ0v) is 16.9. The predicted octanol–water partition coefficient (Wildman–Crippen LogP) is 4.83. The summed E-state index contributed by atoms with van der Waals surface area (Å²) in [5, 5.41) is 5.94. The Hall–Kier alpha value is -2.82. The molecular formula is C23H29N3O2. The number of hydrogen-bond acceptors (Lipinski definition) is 3. The van der Waals surface area contributed by atoms with E-state index in [1.165, 1.54) is 6.42 Å². The van der Waals surface area contributed by atoms with Crippen molar-refractivity contribution in [3.63, 3.8) is 0 Å². The molecule has 0 radical (unpaired) electrons. The molecule has 2 N–H and O–H groups in total. The second-order valence-corrected chi connectivity index (χ2v) is 7.75. The highest BCUT2D eigenvalue weighted by atomic mass is 16.2. The van der Waals surface area contributed by atoms with E-state index in [0.29, 0.717) is 11.3 Å². The van der Waals surface area contributed by atoms with Crippen molar-refractivity contribution in [3.8, 4) is 0 Å². The van der Waals surface area contributed by atoms with E-state index < -0.39 is 0 Å². The summed E-state index contributed by atoms with van der Waals surface area (Å²) in [6.45, 7) is 1.98. The Morgan fingerprint density at radius 2 is 1.71 bits per heavy atom. The van der Waals surface area contributed by atoms with Crippen LogP contribution in [0, 0.1) is 12.8 Å². The van der Waals surface area contributed by atoms with Gasteiger partial charge in [-0.15, -0.1) is 0 Å². The lowest BCUT2D eigenvalue weighted by atomic mass is 9.88. The van der Waals surface area contributed by atoms with Crippen LogP contribution in [-0.2, 0) is 4.79 Å². The second kappa shape index (κ2) is 8.91. The van der Waals surface area contributed by atoms with Crippen LogP contribution in [0.4, 0.5) is 17.1 Å². The normalized spacial score (nSPS) is 14.4. The minimum absolute atomic E-state index is 0.0624. The summed E-state index contributed by atoms with van der Waals surface area (Å²) in [7, 11) is 3.97. The number of aryl methyl sites for hydroxylation is 1. The van der Waals surface area contributed by atoms with E-state index in [4.69, 9.17) is 0 Å². The average molecular weight is 380 g/mol. The molecule has 0 heterocycles. The van der Waals surface area contributed by atoms with Gasteiger partial charge in [0.1, 0.15) is 0 Å². The average Bonchev–Trinajstić information content (AvgIpc) is 2.70. The van der Waals surface area contributed by atoms with Gasteiger partial charge in [0, 0.05) is 42.6 Å². The van der Waals surface area contributed by atoms with Gasteiger partial charge in [0.25, 0.3) is 5.91 Å². The topological polar surface area (TPSA) is 61.4 Å². The monoisotopic (exact) mass is 379 g/mol. The van der Waals surface area contributed by atoms with Gasteiger partial charge >= 0.3 is 0 Å². The standard InChI is InChI=1S/C23H29N3O2/c1-16-14-20(26(2)3)12-13-21(16)25-23(28)18-10-7-11-19(15-18)24-22(27)17-8-5-4-6-9-17/h7,10-15,17H,4-6,8-9H2,1-3H3,(H,24,27)(H,25,28). The molecule has 0 atom stereocenters. The molecule has 0 saturated heterocycles. The quantitative estimate of drug-likeness (QED) is 0.782. The Balaban J connectivity index is 1.67. The van der Waals surface area contributed by atoms with Gasteiger partial charge in [-0.25, -0.2) is 0 Å². The Kier molecular flexibility index (Phi) is 6.34. The molecular weight excluding hydrogens is 350 g/mol. The molecule has 0 aromatic heterocycles. The largest absolute Gasteiger partial charge is 0.378 e. The van der Waals surface area contributed by atoms with Crippen LogP contribution in [0.15, 0.2) is 42.5 Å². The zero-order chi connectivity index (χ0) is 20.1. The highest BCUT2D eigenvalue weighted by Crippen LogP contribution is 2.25. The summed E-state index contributed by atoms with van der Waals surface area (Å²) < 4.78 is 0. The molecule has 1 fully saturated rings. The summed E-state index contributed by atoms with van der Waals surface area (Å²) in [4.78, 5) is 27.2. The third kappa shape index (κ3) is 4.91. The lowest BCUT2D eigenvalue weighted by Crippen LogP contribution is -2.24. The summed E-state index contributed by atoms with van der Waals surface area (Å²) in [6.07, 6.45) is 5.36. The van der Waals surface area contributed by atoms with E-state index in [1.807, 2.05) is 50.2 Å². The van der Waals surface area contributed by atoms with Crippen LogP contribution in [0.25, 0.3) is 0 Å². The lowest BCUT2D eigenvalue weighted by molar-refractivity contribution is -0.120. The smallest absolute Gasteiger partial charge is 0.255 e. The highest BCUT2D eigenvalue weighted by molar-refractivity contribution is 6.05. The third-order valence-corrected chi connectivity index (χ3v) is 5.34. The highest BCUT2D eigenvalue weighted by Gasteiger charge is 2.21. The third-order valence-electron chi connectivity index (χ3n) is 5.34. The van der Waals surface area contributed by atoms with Crippen LogP contribution in [0.1, 0.15) is 48.0 Å². The van der Waals surface area contributed by atoms with Crippen molar-refractivity contribution in [3.05, 3.63) is 53.6 Å². The van der Waals surface area contributed by atoms with Crippen molar-refractivity contribution in [2.24, 2.45) is 5.92 Å². The SMILES string of the molecule is Cc1cc(N(C)C)ccc1NC(=O)c1cccc(NC(=O)C2CCCCC2)c1. The van der Waals surface area contributed by atoms with Crippen molar-refractivity contribution < 1.29 is 9.59 Å². The summed E-state index contributed by atoms with van der Waals surface area (Å²) in [5.74, 6) is -0.0362. The van der Waals surface area contributed by atoms with Gasteiger partial charge in [-0.3, -0.25) is 9.59 Å². The molecule has 0 unspecified atom stereocenters. The number of hydrogen-bond donors (Lipinski definition) is 2. The second-order valence-electron chi connectivity index (χ2n) is 7.75. The van der Waals surface area contributed by atoms with E-state index in [0.717, 1.165) is 42.6 Å². The van der Waals surface area contributed by atoms with Gasteiger partial charge in [0.05, 0.1) is 0 Å². The first kappa shape index (κ1) is 19.9. The van der Waals surface area contributed by atoms with E-state index >= 15 is 0 Å². The molecule has 5 nitrogen and oxygen atoms in total. The molecule has 0 aliphatic heterocycles. The van der Waals surface area contributed by atoms with E-state index in [-0.39, 0.29) is 17.7 Å². The van der Waals surface area contributed by atoms with Gasteiger partial charge in [-0.05, 0) is 61.7 Å². The number of nitrogens with one attached hydrogen (secondary N) is 2. The number of anilines is 3. The number of amides is 2. The van der Waals surface area contributed by atoms with Crippen molar-refractivity contribution in [2.75, 3.05) is 29.6 Å². The van der Waals surface area contributed by atoms with E-state index in [9.17, 15) is 9.59 Å². The van der Waals surface area contributed by atoms with Gasteiger partial charge in [0.15, 0.2) is 0 Å². The maximum Gasteiger partial charge on any atom is 0.255 e. The lowest BCUT2D eigenvalue weighted by Gasteiger charge is -2.20. The Morgan fingerprint density at radius 1 is 0.964 bits per heavy atom. The Morgan fingerprint density at radius 3 is 2.39 bits per heavy atom. The Bertz CT molecular complexity index is 855. The minimum atomic E-state index is -0.186. The fourth-order valence-electron chi connectivity index (χ4n) is 3.61. The number of carbonyl (C=O) groups is 2.